The number of carbonyl (C=O) groups excluding carboxylic acids is 1. The number of hydrogen-bond acceptors (Lipinski definition) is 5. The molecule has 0 radical (unpaired) electrons. The van der Waals surface area contributed by atoms with Gasteiger partial charge in [-0.1, -0.05) is 97.1 Å². The fourth-order valence-corrected chi connectivity index (χ4v) is 7.04. The first-order chi connectivity index (χ1) is 23.0. The molecule has 4 aromatic carbocycles. The van der Waals surface area contributed by atoms with Gasteiger partial charge in [0.15, 0.2) is 0 Å². The molecule has 7 heteroatoms. The Labute approximate surface area is 275 Å². The Hall–Kier alpha value is -5.30. The summed E-state index contributed by atoms with van der Waals surface area (Å²) in [6.07, 6.45) is 5.78. The highest BCUT2D eigenvalue weighted by atomic mass is 16.5. The number of fused-ring (bicyclic) bond motifs is 3. The average Bonchev–Trinajstić information content (AvgIpc) is 3.57. The van der Waals surface area contributed by atoms with E-state index in [1.54, 1.807) is 0 Å². The molecule has 0 unspecified atom stereocenters. The van der Waals surface area contributed by atoms with Gasteiger partial charge < -0.3 is 18.9 Å². The number of anilines is 1. The Morgan fingerprint density at radius 1 is 0.872 bits per heavy atom. The molecular formula is C40H40N4O3. The molecule has 0 saturated heterocycles. The number of para-hydroxylation sites is 1. The molecule has 0 atom stereocenters. The molecule has 1 aliphatic heterocycles. The Bertz CT molecular complexity index is 2080. The van der Waals surface area contributed by atoms with Crippen molar-refractivity contribution in [3.63, 3.8) is 0 Å². The molecule has 0 saturated carbocycles. The van der Waals surface area contributed by atoms with Crippen LogP contribution in [0.25, 0.3) is 32.8 Å². The second-order valence-corrected chi connectivity index (χ2v) is 12.0. The molecule has 0 fully saturated rings. The molecular weight excluding hydrogens is 584 g/mol. The van der Waals surface area contributed by atoms with E-state index >= 15 is 0 Å². The number of aryl methyl sites for hydroxylation is 3. The van der Waals surface area contributed by atoms with Gasteiger partial charge in [-0.2, -0.15) is 5.10 Å². The van der Waals surface area contributed by atoms with Crippen LogP contribution in [-0.4, -0.2) is 40.1 Å². The Morgan fingerprint density at radius 3 is 2.47 bits per heavy atom. The van der Waals surface area contributed by atoms with Crippen molar-refractivity contribution in [2.75, 3.05) is 24.7 Å². The second kappa shape index (κ2) is 13.2. The smallest absolute Gasteiger partial charge is 0.355 e. The first-order valence-electron chi connectivity index (χ1n) is 16.4. The largest absolute Gasteiger partial charge is 0.493 e. The van der Waals surface area contributed by atoms with Crippen LogP contribution in [0.2, 0.25) is 0 Å². The van der Waals surface area contributed by atoms with Gasteiger partial charge in [0.2, 0.25) is 0 Å². The normalized spacial score (nSPS) is 13.5. The number of rotatable bonds is 9. The number of carbonyl (C=O) groups is 1. The van der Waals surface area contributed by atoms with Crippen molar-refractivity contribution in [2.45, 2.75) is 39.8 Å². The molecule has 238 valence electrons. The van der Waals surface area contributed by atoms with Gasteiger partial charge in [0, 0.05) is 48.6 Å². The summed E-state index contributed by atoms with van der Waals surface area (Å²) < 4.78 is 16.2. The van der Waals surface area contributed by atoms with Crippen LogP contribution < -0.4 is 9.64 Å². The van der Waals surface area contributed by atoms with Crippen molar-refractivity contribution in [3.8, 4) is 16.9 Å². The van der Waals surface area contributed by atoms with Crippen molar-refractivity contribution in [3.05, 3.63) is 126 Å². The van der Waals surface area contributed by atoms with Gasteiger partial charge in [0.1, 0.15) is 17.3 Å². The highest BCUT2D eigenvalue weighted by Gasteiger charge is 2.29. The molecule has 6 aromatic rings. The number of esters is 1. The minimum absolute atomic E-state index is 0.293. The topological polar surface area (TPSA) is 61.5 Å². The van der Waals surface area contributed by atoms with Crippen LogP contribution in [0, 0.1) is 6.92 Å². The molecule has 0 spiro atoms. The molecule has 7 rings (SSSR count). The molecule has 0 aliphatic carbocycles. The van der Waals surface area contributed by atoms with Crippen molar-refractivity contribution >= 4 is 33.5 Å². The lowest BCUT2D eigenvalue weighted by molar-refractivity contribution is 0.0513. The lowest BCUT2D eigenvalue weighted by atomic mass is 9.99. The summed E-state index contributed by atoms with van der Waals surface area (Å²) in [6.45, 7) is 6.80. The fourth-order valence-electron chi connectivity index (χ4n) is 7.04. The van der Waals surface area contributed by atoms with Crippen LogP contribution in [0.5, 0.6) is 5.75 Å². The zero-order valence-electron chi connectivity index (χ0n) is 27.3. The average molecular weight is 625 g/mol. The summed E-state index contributed by atoms with van der Waals surface area (Å²) in [6, 6.07) is 31.4. The van der Waals surface area contributed by atoms with E-state index < -0.39 is 0 Å². The van der Waals surface area contributed by atoms with Crippen LogP contribution in [0.1, 0.15) is 40.7 Å². The third-order valence-electron chi connectivity index (χ3n) is 8.99. The predicted molar refractivity (Wildman–Crippen MR) is 189 cm³/mol. The van der Waals surface area contributed by atoms with Crippen LogP contribution in [0.4, 0.5) is 5.82 Å². The molecule has 0 N–H and O–H groups in total. The highest BCUT2D eigenvalue weighted by Crippen LogP contribution is 2.42. The van der Waals surface area contributed by atoms with Crippen molar-refractivity contribution in [1.29, 1.82) is 0 Å². The van der Waals surface area contributed by atoms with Crippen molar-refractivity contribution < 1.29 is 14.3 Å². The van der Waals surface area contributed by atoms with Gasteiger partial charge in [-0.05, 0) is 49.3 Å². The van der Waals surface area contributed by atoms with E-state index in [2.05, 4.69) is 95.3 Å². The third kappa shape index (κ3) is 5.78. The molecule has 7 nitrogen and oxygen atoms in total. The second-order valence-electron chi connectivity index (χ2n) is 12.0. The van der Waals surface area contributed by atoms with E-state index in [0.717, 1.165) is 68.6 Å². The third-order valence-corrected chi connectivity index (χ3v) is 8.99. The summed E-state index contributed by atoms with van der Waals surface area (Å²) in [5.74, 6) is 1.64. The first kappa shape index (κ1) is 30.4. The predicted octanol–water partition coefficient (Wildman–Crippen LogP) is 8.27. The minimum atomic E-state index is -0.293. The fraction of sp³-hybridized carbons (Fsp3) is 0.250. The standard InChI is InChI=1S/C40H40N4O3/c1-4-46-40(45)38-33(22-14-26-47-35-23-12-18-30-17-8-9-19-31(30)35)32-20-13-21-34-36-28(2)41-42(3)39(36)43(27-29-15-6-5-7-16-29)24-10-11-25-44(38)37(32)34/h5-13,15-21,23H,4,14,22,24-27H2,1-3H3/b11-10-. The maximum atomic E-state index is 13.8. The molecule has 2 aromatic heterocycles. The number of hydrogen-bond donors (Lipinski definition) is 0. The highest BCUT2D eigenvalue weighted by molar-refractivity contribution is 6.06. The molecule has 3 heterocycles. The summed E-state index contributed by atoms with van der Waals surface area (Å²) >= 11 is 0. The zero-order valence-corrected chi connectivity index (χ0v) is 27.3. The number of nitrogens with zero attached hydrogens (tertiary/aromatic N) is 4. The molecule has 0 bridgehead atoms. The van der Waals surface area contributed by atoms with Gasteiger partial charge >= 0.3 is 5.97 Å². The lowest BCUT2D eigenvalue weighted by Gasteiger charge is -2.26. The molecule has 0 amide bonds. The quantitative estimate of drug-likeness (QED) is 0.0921. The lowest BCUT2D eigenvalue weighted by Crippen LogP contribution is -2.26. The van der Waals surface area contributed by atoms with Crippen molar-refractivity contribution in [1.82, 2.24) is 14.3 Å². The number of allylic oxidation sites excluding steroid dienone is 1. The van der Waals surface area contributed by atoms with E-state index in [0.29, 0.717) is 38.4 Å². The Balaban J connectivity index is 1.31. The molecule has 1 aliphatic rings. The Morgan fingerprint density at radius 2 is 1.62 bits per heavy atom. The minimum Gasteiger partial charge on any atom is -0.493 e. The SMILES string of the molecule is CCOC(=O)c1c(CCCOc2cccc3ccccc23)c2cccc3c2n1C/C=C\CN(Cc1ccccc1)c1c-3c(C)nn1C. The van der Waals surface area contributed by atoms with Crippen LogP contribution >= 0.6 is 0 Å². The van der Waals surface area contributed by atoms with Crippen molar-refractivity contribution in [2.24, 2.45) is 7.05 Å². The summed E-state index contributed by atoms with van der Waals surface area (Å²) in [5.41, 5.74) is 7.00. The van der Waals surface area contributed by atoms with E-state index in [9.17, 15) is 4.79 Å². The maximum absolute atomic E-state index is 13.8. The van der Waals surface area contributed by atoms with Crippen LogP contribution in [0.15, 0.2) is 103 Å². The van der Waals surface area contributed by atoms with Crippen LogP contribution in [-0.2, 0) is 31.3 Å². The zero-order chi connectivity index (χ0) is 32.3. The van der Waals surface area contributed by atoms with Gasteiger partial charge in [-0.25, -0.2) is 4.79 Å². The number of aromatic nitrogens is 3. The number of ether oxygens (including phenoxy) is 2. The number of benzene rings is 4. The van der Waals surface area contributed by atoms with Gasteiger partial charge in [0.05, 0.1) is 24.4 Å². The molecule has 47 heavy (non-hydrogen) atoms. The monoisotopic (exact) mass is 624 g/mol. The summed E-state index contributed by atoms with van der Waals surface area (Å²) in [7, 11) is 2.02. The van der Waals surface area contributed by atoms with E-state index in [-0.39, 0.29) is 5.97 Å². The van der Waals surface area contributed by atoms with E-state index in [1.807, 2.05) is 42.9 Å². The maximum Gasteiger partial charge on any atom is 0.355 e. The summed E-state index contributed by atoms with van der Waals surface area (Å²) in [5, 5.41) is 8.25. The van der Waals surface area contributed by atoms with E-state index in [4.69, 9.17) is 14.6 Å². The van der Waals surface area contributed by atoms with E-state index in [1.165, 1.54) is 5.56 Å². The first-order valence-corrected chi connectivity index (χ1v) is 16.4. The van der Waals surface area contributed by atoms with Gasteiger partial charge in [-0.15, -0.1) is 0 Å². The summed E-state index contributed by atoms with van der Waals surface area (Å²) in [4.78, 5) is 16.1. The van der Waals surface area contributed by atoms with Gasteiger partial charge in [-0.3, -0.25) is 4.68 Å². The van der Waals surface area contributed by atoms with Gasteiger partial charge in [0.25, 0.3) is 0 Å². The Kier molecular flexibility index (Phi) is 8.53. The van der Waals surface area contributed by atoms with Crippen LogP contribution in [0.3, 0.4) is 0 Å².